The van der Waals surface area contributed by atoms with Crippen LogP contribution in [-0.4, -0.2) is 13.8 Å². The van der Waals surface area contributed by atoms with Crippen LogP contribution in [0.4, 0.5) is 0 Å². The number of rotatable bonds is 3. The highest BCUT2D eigenvalue weighted by Gasteiger charge is 2.11. The first kappa shape index (κ1) is 10.5. The highest BCUT2D eigenvalue weighted by atomic mass is 127. The molecule has 0 saturated carbocycles. The molecular weight excluding hydrogens is 236 g/mol. The first-order chi connectivity index (χ1) is 4.63. The summed E-state index contributed by atoms with van der Waals surface area (Å²) in [5.74, 6) is 0.855. The van der Waals surface area contributed by atoms with Gasteiger partial charge in [-0.05, 0) is 29.3 Å². The lowest BCUT2D eigenvalue weighted by atomic mass is 9.79. The zero-order valence-corrected chi connectivity index (χ0v) is 9.05. The largest absolute Gasteiger partial charge is 0.335 e. The van der Waals surface area contributed by atoms with Crippen molar-refractivity contribution in [3.63, 3.8) is 0 Å². The third-order valence-corrected chi connectivity index (χ3v) is 2.81. The summed E-state index contributed by atoms with van der Waals surface area (Å²) in [7, 11) is 2.07. The third-order valence-electron chi connectivity index (χ3n) is 1.83. The highest BCUT2D eigenvalue weighted by molar-refractivity contribution is 14.1. The molecule has 0 heterocycles. The predicted octanol–water partition coefficient (Wildman–Crippen LogP) is 1.27. The zero-order valence-electron chi connectivity index (χ0n) is 6.89. The molecule has 2 atom stereocenters. The fourth-order valence-corrected chi connectivity index (χ4v) is 1.65. The maximum absolute atomic E-state index is 5.78. The van der Waals surface area contributed by atoms with Crippen molar-refractivity contribution in [2.24, 2.45) is 11.7 Å². The molecule has 58 valence electrons. The fourth-order valence-electron chi connectivity index (χ4n) is 1.19. The lowest BCUT2D eigenvalue weighted by molar-refractivity contribution is 0.566. The summed E-state index contributed by atoms with van der Waals surface area (Å²) in [5, 5.41) is 0. The Morgan fingerprint density at radius 2 is 2.30 bits per heavy atom. The number of hydrogen-bond acceptors (Lipinski definition) is 1. The van der Waals surface area contributed by atoms with Gasteiger partial charge in [0, 0.05) is 0 Å². The molecule has 0 fully saturated rings. The van der Waals surface area contributed by atoms with Crippen molar-refractivity contribution in [1.82, 2.24) is 0 Å². The molecule has 2 unspecified atom stereocenters. The molecule has 0 bridgehead atoms. The molecule has 2 N–H and O–H groups in total. The molecule has 0 aromatic rings. The highest BCUT2D eigenvalue weighted by Crippen LogP contribution is 2.17. The van der Waals surface area contributed by atoms with Gasteiger partial charge >= 0.3 is 0 Å². The second-order valence-electron chi connectivity index (χ2n) is 2.73. The molecule has 0 aliphatic rings. The van der Waals surface area contributed by atoms with Gasteiger partial charge in [-0.2, -0.15) is 0 Å². The van der Waals surface area contributed by atoms with Crippen molar-refractivity contribution < 1.29 is 0 Å². The minimum Gasteiger partial charge on any atom is -0.335 e. The Bertz CT molecular complexity index is 123. The summed E-state index contributed by atoms with van der Waals surface area (Å²) in [4.78, 5) is 0. The van der Waals surface area contributed by atoms with Crippen molar-refractivity contribution in [2.45, 2.75) is 26.2 Å². The molecule has 0 spiro atoms. The Morgan fingerprint density at radius 1 is 1.80 bits per heavy atom. The number of nitrogens with two attached hydrogens (primary N) is 1. The average Bonchev–Trinajstić information content (AvgIpc) is 1.88. The van der Waals surface area contributed by atoms with Crippen molar-refractivity contribution in [2.75, 3.05) is 0 Å². The zero-order chi connectivity index (χ0) is 8.15. The predicted molar refractivity (Wildman–Crippen MR) is 58.1 cm³/mol. The minimum atomic E-state index is 0.288. The quantitative estimate of drug-likeness (QED) is 0.593. The molecule has 3 heteroatoms. The van der Waals surface area contributed by atoms with Gasteiger partial charge in [0.05, 0.1) is 0 Å². The van der Waals surface area contributed by atoms with Crippen molar-refractivity contribution >= 4 is 30.4 Å². The van der Waals surface area contributed by atoms with E-state index in [2.05, 4.69) is 48.4 Å². The summed E-state index contributed by atoms with van der Waals surface area (Å²) in [6, 6.07) is 0. The minimum absolute atomic E-state index is 0.288. The Labute approximate surface area is 78.0 Å². The molecule has 0 aromatic carbocycles. The summed E-state index contributed by atoms with van der Waals surface area (Å²) in [5.41, 5.74) is 7.18. The third kappa shape index (κ3) is 3.06. The van der Waals surface area contributed by atoms with Crippen LogP contribution in [-0.2, 0) is 0 Å². The molecule has 0 aliphatic heterocycles. The number of hydrogen-bond donors (Lipinski definition) is 1. The first-order valence-corrected chi connectivity index (χ1v) is 4.90. The Morgan fingerprint density at radius 3 is 2.40 bits per heavy atom. The molecule has 1 nitrogen and oxygen atoms in total. The standard InChI is InChI=1S/C7H15BIN/c1-3-6(7(8)10)5(2)4-9/h4,6-7H,3,8,10H2,1-2H3/b5-4+. The molecular formula is C7H15BIN. The molecule has 0 radical (unpaired) electrons. The molecule has 0 aromatic heterocycles. The van der Waals surface area contributed by atoms with E-state index in [0.29, 0.717) is 5.92 Å². The van der Waals surface area contributed by atoms with E-state index in [9.17, 15) is 0 Å². The van der Waals surface area contributed by atoms with Gasteiger partial charge in [0.2, 0.25) is 0 Å². The molecule has 10 heavy (non-hydrogen) atoms. The molecule has 0 aliphatic carbocycles. The second kappa shape index (κ2) is 5.19. The molecule has 0 amide bonds. The van der Waals surface area contributed by atoms with Crippen LogP contribution in [0.1, 0.15) is 20.3 Å². The maximum atomic E-state index is 5.78. The SMILES string of the molecule is BC(N)C(CC)/C(C)=C/I. The molecule has 0 saturated heterocycles. The van der Waals surface area contributed by atoms with Crippen molar-refractivity contribution in [3.05, 3.63) is 9.66 Å². The smallest absolute Gasteiger partial charge is 0.123 e. The Balaban J connectivity index is 4.07. The summed E-state index contributed by atoms with van der Waals surface area (Å²) in [6.45, 7) is 4.32. The Kier molecular flexibility index (Phi) is 5.44. The maximum Gasteiger partial charge on any atom is 0.123 e. The lowest BCUT2D eigenvalue weighted by Gasteiger charge is -2.19. The van der Waals surface area contributed by atoms with E-state index >= 15 is 0 Å². The van der Waals surface area contributed by atoms with Crippen LogP contribution in [0.25, 0.3) is 0 Å². The average molecular weight is 251 g/mol. The van der Waals surface area contributed by atoms with Crippen LogP contribution in [0.15, 0.2) is 9.66 Å². The number of halogens is 1. The first-order valence-electron chi connectivity index (χ1n) is 3.65. The van der Waals surface area contributed by atoms with E-state index in [-0.39, 0.29) is 5.94 Å². The van der Waals surface area contributed by atoms with Gasteiger partial charge in [0.25, 0.3) is 0 Å². The van der Waals surface area contributed by atoms with E-state index < -0.39 is 0 Å². The van der Waals surface area contributed by atoms with Crippen LogP contribution < -0.4 is 5.73 Å². The van der Waals surface area contributed by atoms with E-state index in [1.54, 1.807) is 0 Å². The van der Waals surface area contributed by atoms with E-state index in [0.717, 1.165) is 6.42 Å². The lowest BCUT2D eigenvalue weighted by Crippen LogP contribution is -2.30. The monoisotopic (exact) mass is 251 g/mol. The van der Waals surface area contributed by atoms with Crippen LogP contribution in [0.2, 0.25) is 0 Å². The normalized spacial score (nSPS) is 18.6. The van der Waals surface area contributed by atoms with E-state index in [4.69, 9.17) is 5.73 Å². The van der Waals surface area contributed by atoms with Gasteiger partial charge in [-0.25, -0.2) is 0 Å². The van der Waals surface area contributed by atoms with Crippen LogP contribution in [0.3, 0.4) is 0 Å². The van der Waals surface area contributed by atoms with Gasteiger partial charge in [-0.1, -0.05) is 35.1 Å². The van der Waals surface area contributed by atoms with Crippen LogP contribution in [0.5, 0.6) is 0 Å². The summed E-state index contributed by atoms with van der Waals surface area (Å²) >= 11 is 2.27. The van der Waals surface area contributed by atoms with Gasteiger partial charge in [0.1, 0.15) is 7.85 Å². The fraction of sp³-hybridized carbons (Fsp3) is 0.714. The summed E-state index contributed by atoms with van der Waals surface area (Å²) in [6.07, 6.45) is 1.14. The van der Waals surface area contributed by atoms with Gasteiger partial charge in [0.15, 0.2) is 0 Å². The topological polar surface area (TPSA) is 26.0 Å². The second-order valence-corrected chi connectivity index (χ2v) is 3.35. The van der Waals surface area contributed by atoms with Crippen molar-refractivity contribution in [3.8, 4) is 0 Å². The van der Waals surface area contributed by atoms with E-state index in [1.807, 2.05) is 0 Å². The molecule has 0 rings (SSSR count). The van der Waals surface area contributed by atoms with Crippen molar-refractivity contribution in [1.29, 1.82) is 0 Å². The summed E-state index contributed by atoms with van der Waals surface area (Å²) < 4.78 is 2.12. The van der Waals surface area contributed by atoms with Crippen LogP contribution >= 0.6 is 22.6 Å². The Hall–Kier alpha value is 0.495. The van der Waals surface area contributed by atoms with Gasteiger partial charge < -0.3 is 5.73 Å². The van der Waals surface area contributed by atoms with Crippen LogP contribution in [0, 0.1) is 5.92 Å². The van der Waals surface area contributed by atoms with E-state index in [1.165, 1.54) is 5.57 Å². The van der Waals surface area contributed by atoms with Gasteiger partial charge in [-0.15, -0.1) is 0 Å². The van der Waals surface area contributed by atoms with Gasteiger partial charge in [-0.3, -0.25) is 0 Å².